The second-order valence-electron chi connectivity index (χ2n) is 4.35. The van der Waals surface area contributed by atoms with Crippen LogP contribution in [0.3, 0.4) is 0 Å². The summed E-state index contributed by atoms with van der Waals surface area (Å²) in [5.74, 6) is 0.643. The molecule has 1 aliphatic heterocycles. The minimum absolute atomic E-state index is 0.0261. The quantitative estimate of drug-likeness (QED) is 0.801. The molecule has 1 rings (SSSR count). The normalized spacial score (nSPS) is 22.5. The molecule has 1 heterocycles. The van der Waals surface area contributed by atoms with E-state index in [1.807, 2.05) is 25.7 Å². The Bertz CT molecular complexity index is 308. The lowest BCUT2D eigenvalue weighted by molar-refractivity contribution is -0.146. The van der Waals surface area contributed by atoms with Crippen molar-refractivity contribution in [1.29, 1.82) is 0 Å². The Morgan fingerprint density at radius 3 is 2.56 bits per heavy atom. The van der Waals surface area contributed by atoms with Gasteiger partial charge in [0.05, 0.1) is 6.04 Å². The fraction of sp³-hybridized carbons (Fsp3) is 0.833. The van der Waals surface area contributed by atoms with Gasteiger partial charge in [0.15, 0.2) is 0 Å². The first kappa shape index (κ1) is 15.3. The first-order valence-corrected chi connectivity index (χ1v) is 7.53. The SMILES string of the molecule is CCN(CC)C(=O)C(C)N1CCSCC1C(=O)O. The van der Waals surface area contributed by atoms with Crippen LogP contribution in [0.2, 0.25) is 0 Å². The third-order valence-electron chi connectivity index (χ3n) is 3.38. The number of thioether (sulfide) groups is 1. The Hall–Kier alpha value is -0.750. The Kier molecular flexibility index (Phi) is 5.95. The van der Waals surface area contributed by atoms with E-state index in [4.69, 9.17) is 0 Å². The minimum atomic E-state index is -0.832. The zero-order valence-electron chi connectivity index (χ0n) is 11.3. The fourth-order valence-corrected chi connectivity index (χ4v) is 3.30. The lowest BCUT2D eigenvalue weighted by Crippen LogP contribution is -2.56. The Labute approximate surface area is 113 Å². The molecule has 0 spiro atoms. The highest BCUT2D eigenvalue weighted by molar-refractivity contribution is 7.99. The van der Waals surface area contributed by atoms with E-state index in [1.54, 1.807) is 16.7 Å². The molecule has 0 aliphatic carbocycles. The first-order chi connectivity index (χ1) is 8.52. The van der Waals surface area contributed by atoms with Gasteiger partial charge in [0.2, 0.25) is 5.91 Å². The highest BCUT2D eigenvalue weighted by Crippen LogP contribution is 2.20. The minimum Gasteiger partial charge on any atom is -0.480 e. The zero-order valence-corrected chi connectivity index (χ0v) is 12.1. The monoisotopic (exact) mass is 274 g/mol. The second kappa shape index (κ2) is 6.99. The maximum atomic E-state index is 12.3. The van der Waals surface area contributed by atoms with Crippen LogP contribution in [0.4, 0.5) is 0 Å². The second-order valence-corrected chi connectivity index (χ2v) is 5.50. The van der Waals surface area contributed by atoms with Crippen molar-refractivity contribution in [3.05, 3.63) is 0 Å². The van der Waals surface area contributed by atoms with Crippen LogP contribution < -0.4 is 0 Å². The largest absolute Gasteiger partial charge is 0.480 e. The molecule has 104 valence electrons. The molecule has 1 saturated heterocycles. The van der Waals surface area contributed by atoms with E-state index in [9.17, 15) is 14.7 Å². The van der Waals surface area contributed by atoms with Gasteiger partial charge >= 0.3 is 5.97 Å². The number of likely N-dealkylation sites (N-methyl/N-ethyl adjacent to an activating group) is 1. The van der Waals surface area contributed by atoms with E-state index >= 15 is 0 Å². The molecule has 18 heavy (non-hydrogen) atoms. The topological polar surface area (TPSA) is 60.9 Å². The zero-order chi connectivity index (χ0) is 13.7. The summed E-state index contributed by atoms with van der Waals surface area (Å²) in [5, 5.41) is 9.21. The highest BCUT2D eigenvalue weighted by Gasteiger charge is 2.35. The number of hydrogen-bond acceptors (Lipinski definition) is 4. The van der Waals surface area contributed by atoms with Crippen molar-refractivity contribution in [2.45, 2.75) is 32.9 Å². The van der Waals surface area contributed by atoms with E-state index in [0.717, 1.165) is 5.75 Å². The summed E-state index contributed by atoms with van der Waals surface area (Å²) in [6.45, 7) is 7.69. The predicted octanol–water partition coefficient (Wildman–Crippen LogP) is 0.745. The average molecular weight is 274 g/mol. The fourth-order valence-electron chi connectivity index (χ4n) is 2.23. The summed E-state index contributed by atoms with van der Waals surface area (Å²) in [6, 6.07) is -0.898. The third kappa shape index (κ3) is 3.38. The summed E-state index contributed by atoms with van der Waals surface area (Å²) < 4.78 is 0. The molecule has 0 aromatic heterocycles. The summed E-state index contributed by atoms with van der Waals surface area (Å²) in [5.41, 5.74) is 0. The molecule has 5 nitrogen and oxygen atoms in total. The van der Waals surface area contributed by atoms with Gasteiger partial charge in [0, 0.05) is 31.1 Å². The van der Waals surface area contributed by atoms with Gasteiger partial charge in [-0.25, -0.2) is 0 Å². The molecular weight excluding hydrogens is 252 g/mol. The number of nitrogens with zero attached hydrogens (tertiary/aromatic N) is 2. The molecule has 0 saturated carbocycles. The highest BCUT2D eigenvalue weighted by atomic mass is 32.2. The van der Waals surface area contributed by atoms with Crippen LogP contribution in [0, 0.1) is 0 Å². The summed E-state index contributed by atoms with van der Waals surface area (Å²) in [7, 11) is 0. The number of carbonyl (C=O) groups is 2. The maximum absolute atomic E-state index is 12.3. The van der Waals surface area contributed by atoms with Crippen LogP contribution in [0.1, 0.15) is 20.8 Å². The lowest BCUT2D eigenvalue weighted by atomic mass is 10.1. The summed E-state index contributed by atoms with van der Waals surface area (Å²) in [4.78, 5) is 27.1. The Morgan fingerprint density at radius 2 is 2.06 bits per heavy atom. The van der Waals surface area contributed by atoms with Gasteiger partial charge in [0.25, 0.3) is 0 Å². The average Bonchev–Trinajstić information content (AvgIpc) is 2.39. The maximum Gasteiger partial charge on any atom is 0.321 e. The smallest absolute Gasteiger partial charge is 0.321 e. The van der Waals surface area contributed by atoms with Crippen LogP contribution in [0.15, 0.2) is 0 Å². The van der Waals surface area contributed by atoms with Crippen molar-refractivity contribution in [1.82, 2.24) is 9.80 Å². The van der Waals surface area contributed by atoms with Crippen molar-refractivity contribution in [3.8, 4) is 0 Å². The third-order valence-corrected chi connectivity index (χ3v) is 4.41. The van der Waals surface area contributed by atoms with Crippen molar-refractivity contribution < 1.29 is 14.7 Å². The molecule has 1 amide bonds. The van der Waals surface area contributed by atoms with Crippen LogP contribution in [-0.4, -0.2) is 70.0 Å². The molecule has 1 aliphatic rings. The van der Waals surface area contributed by atoms with E-state index in [1.165, 1.54) is 0 Å². The number of aliphatic carboxylic acids is 1. The van der Waals surface area contributed by atoms with Crippen LogP contribution >= 0.6 is 11.8 Å². The molecule has 2 unspecified atom stereocenters. The Balaban J connectivity index is 2.76. The van der Waals surface area contributed by atoms with Crippen molar-refractivity contribution in [3.63, 3.8) is 0 Å². The van der Waals surface area contributed by atoms with Crippen LogP contribution in [0.5, 0.6) is 0 Å². The molecule has 0 bridgehead atoms. The summed E-state index contributed by atoms with van der Waals surface area (Å²) >= 11 is 1.64. The van der Waals surface area contributed by atoms with E-state index in [2.05, 4.69) is 0 Å². The molecule has 6 heteroatoms. The standard InChI is InChI=1S/C12H22N2O3S/c1-4-13(5-2)11(15)9(3)14-6-7-18-8-10(14)12(16)17/h9-10H,4-8H2,1-3H3,(H,16,17). The first-order valence-electron chi connectivity index (χ1n) is 6.38. The van der Waals surface area contributed by atoms with Gasteiger partial charge in [-0.05, 0) is 20.8 Å². The van der Waals surface area contributed by atoms with Crippen LogP contribution in [-0.2, 0) is 9.59 Å². The van der Waals surface area contributed by atoms with Crippen molar-refractivity contribution >= 4 is 23.6 Å². The lowest BCUT2D eigenvalue weighted by Gasteiger charge is -2.38. The number of carboxylic acids is 1. The number of rotatable bonds is 5. The number of carboxylic acid groups (broad SMARTS) is 1. The molecule has 0 aromatic rings. The van der Waals surface area contributed by atoms with Gasteiger partial charge in [-0.3, -0.25) is 14.5 Å². The van der Waals surface area contributed by atoms with E-state index in [-0.39, 0.29) is 11.9 Å². The van der Waals surface area contributed by atoms with E-state index in [0.29, 0.717) is 25.4 Å². The molecule has 0 radical (unpaired) electrons. The molecule has 0 aromatic carbocycles. The Morgan fingerprint density at radius 1 is 1.44 bits per heavy atom. The van der Waals surface area contributed by atoms with Gasteiger partial charge in [0.1, 0.15) is 6.04 Å². The van der Waals surface area contributed by atoms with E-state index < -0.39 is 12.0 Å². The van der Waals surface area contributed by atoms with Gasteiger partial charge in [-0.2, -0.15) is 11.8 Å². The predicted molar refractivity (Wildman–Crippen MR) is 72.8 cm³/mol. The van der Waals surface area contributed by atoms with Crippen molar-refractivity contribution in [2.75, 3.05) is 31.1 Å². The summed E-state index contributed by atoms with van der Waals surface area (Å²) in [6.07, 6.45) is 0. The van der Waals surface area contributed by atoms with Gasteiger partial charge < -0.3 is 10.0 Å². The molecule has 2 atom stereocenters. The van der Waals surface area contributed by atoms with Crippen LogP contribution in [0.25, 0.3) is 0 Å². The van der Waals surface area contributed by atoms with Gasteiger partial charge in [-0.1, -0.05) is 0 Å². The van der Waals surface area contributed by atoms with Gasteiger partial charge in [-0.15, -0.1) is 0 Å². The molecular formula is C12H22N2O3S. The number of amides is 1. The molecule has 1 N–H and O–H groups in total. The van der Waals surface area contributed by atoms with Crippen molar-refractivity contribution in [2.24, 2.45) is 0 Å². The number of hydrogen-bond donors (Lipinski definition) is 1. The number of carbonyl (C=O) groups excluding carboxylic acids is 1. The molecule has 1 fully saturated rings.